The number of anilines is 1. The third kappa shape index (κ3) is 4.76. The van der Waals surface area contributed by atoms with Crippen LogP contribution in [-0.4, -0.2) is 16.0 Å². The van der Waals surface area contributed by atoms with Crippen molar-refractivity contribution in [3.8, 4) is 17.1 Å². The van der Waals surface area contributed by atoms with E-state index in [0.717, 1.165) is 11.1 Å². The van der Waals surface area contributed by atoms with E-state index < -0.39 is 0 Å². The highest BCUT2D eigenvalue weighted by molar-refractivity contribution is 5.92. The zero-order valence-corrected chi connectivity index (χ0v) is 15.8. The fourth-order valence-electron chi connectivity index (χ4n) is 2.70. The first-order valence-corrected chi connectivity index (χ1v) is 8.96. The Morgan fingerprint density at radius 3 is 2.59 bits per heavy atom. The van der Waals surface area contributed by atoms with E-state index >= 15 is 0 Å². The Morgan fingerprint density at radius 1 is 1.15 bits per heavy atom. The number of benzene rings is 2. The van der Waals surface area contributed by atoms with Gasteiger partial charge in [0.25, 0.3) is 0 Å². The SMILES string of the molecule is CC(C)(C)c1ccc(O)c(NC(=O)CCc2ncc(-c3ccccc3)o2)c1. The molecule has 1 heterocycles. The molecule has 5 nitrogen and oxygen atoms in total. The van der Waals surface area contributed by atoms with Crippen molar-refractivity contribution in [1.29, 1.82) is 0 Å². The molecule has 5 heteroatoms. The second-order valence-corrected chi connectivity index (χ2v) is 7.51. The Balaban J connectivity index is 1.62. The Bertz CT molecular complexity index is 924. The van der Waals surface area contributed by atoms with Crippen LogP contribution in [0.1, 0.15) is 38.6 Å². The van der Waals surface area contributed by atoms with Gasteiger partial charge >= 0.3 is 0 Å². The lowest BCUT2D eigenvalue weighted by Gasteiger charge is -2.20. The van der Waals surface area contributed by atoms with E-state index in [0.29, 0.717) is 23.8 Å². The normalized spacial score (nSPS) is 11.4. The number of hydrogen-bond donors (Lipinski definition) is 2. The van der Waals surface area contributed by atoms with Crippen LogP contribution >= 0.6 is 0 Å². The van der Waals surface area contributed by atoms with Gasteiger partial charge in [0.15, 0.2) is 11.7 Å². The van der Waals surface area contributed by atoms with E-state index in [4.69, 9.17) is 4.42 Å². The van der Waals surface area contributed by atoms with Gasteiger partial charge in [0.1, 0.15) is 5.75 Å². The van der Waals surface area contributed by atoms with Crippen molar-refractivity contribution in [2.45, 2.75) is 39.0 Å². The summed E-state index contributed by atoms with van der Waals surface area (Å²) >= 11 is 0. The summed E-state index contributed by atoms with van der Waals surface area (Å²) in [4.78, 5) is 16.5. The molecule has 0 aliphatic heterocycles. The first-order chi connectivity index (χ1) is 12.8. The van der Waals surface area contributed by atoms with E-state index in [9.17, 15) is 9.90 Å². The van der Waals surface area contributed by atoms with Gasteiger partial charge < -0.3 is 14.8 Å². The van der Waals surface area contributed by atoms with Gasteiger partial charge in [0.05, 0.1) is 11.9 Å². The summed E-state index contributed by atoms with van der Waals surface area (Å²) in [5, 5.41) is 12.8. The molecule has 0 radical (unpaired) electrons. The number of hydrogen-bond acceptors (Lipinski definition) is 4. The van der Waals surface area contributed by atoms with Crippen LogP contribution in [0.3, 0.4) is 0 Å². The molecule has 0 aliphatic rings. The molecule has 3 rings (SSSR count). The number of aryl methyl sites for hydroxylation is 1. The summed E-state index contributed by atoms with van der Waals surface area (Å²) < 4.78 is 5.72. The van der Waals surface area contributed by atoms with Gasteiger partial charge in [-0.25, -0.2) is 4.98 Å². The number of oxazole rings is 1. The van der Waals surface area contributed by atoms with E-state index in [-0.39, 0.29) is 23.5 Å². The maximum Gasteiger partial charge on any atom is 0.224 e. The molecule has 1 aromatic heterocycles. The van der Waals surface area contributed by atoms with E-state index in [1.54, 1.807) is 12.3 Å². The first kappa shape index (κ1) is 18.7. The van der Waals surface area contributed by atoms with E-state index in [1.807, 2.05) is 42.5 Å². The topological polar surface area (TPSA) is 75.4 Å². The zero-order chi connectivity index (χ0) is 19.4. The Morgan fingerprint density at radius 2 is 1.89 bits per heavy atom. The molecule has 0 fully saturated rings. The number of carbonyl (C=O) groups is 1. The average Bonchev–Trinajstić information content (AvgIpc) is 3.11. The molecule has 3 aromatic rings. The zero-order valence-electron chi connectivity index (χ0n) is 15.8. The van der Waals surface area contributed by atoms with Gasteiger partial charge in [0, 0.05) is 18.4 Å². The van der Waals surface area contributed by atoms with Crippen LogP contribution in [0.15, 0.2) is 59.1 Å². The summed E-state index contributed by atoms with van der Waals surface area (Å²) in [6, 6.07) is 15.0. The number of phenolic OH excluding ortho intramolecular Hbond substituents is 1. The lowest BCUT2D eigenvalue weighted by Crippen LogP contribution is -2.15. The van der Waals surface area contributed by atoms with Gasteiger partial charge in [-0.3, -0.25) is 4.79 Å². The van der Waals surface area contributed by atoms with Crippen LogP contribution in [0.2, 0.25) is 0 Å². The summed E-state index contributed by atoms with van der Waals surface area (Å²) in [7, 11) is 0. The minimum atomic E-state index is -0.198. The molecule has 0 spiro atoms. The number of phenols is 1. The van der Waals surface area contributed by atoms with Crippen molar-refractivity contribution in [3.63, 3.8) is 0 Å². The van der Waals surface area contributed by atoms with Crippen LogP contribution in [0.25, 0.3) is 11.3 Å². The molecule has 27 heavy (non-hydrogen) atoms. The molecule has 0 unspecified atom stereocenters. The van der Waals surface area contributed by atoms with E-state index in [2.05, 4.69) is 31.1 Å². The van der Waals surface area contributed by atoms with Crippen LogP contribution in [-0.2, 0) is 16.6 Å². The smallest absolute Gasteiger partial charge is 0.224 e. The van der Waals surface area contributed by atoms with Gasteiger partial charge in [0.2, 0.25) is 5.91 Å². The predicted molar refractivity (Wildman–Crippen MR) is 106 cm³/mol. The van der Waals surface area contributed by atoms with Crippen molar-refractivity contribution >= 4 is 11.6 Å². The van der Waals surface area contributed by atoms with Gasteiger partial charge in [-0.15, -0.1) is 0 Å². The molecule has 1 amide bonds. The number of aromatic nitrogens is 1. The van der Waals surface area contributed by atoms with Crippen LogP contribution in [0, 0.1) is 0 Å². The number of amides is 1. The number of carbonyl (C=O) groups excluding carboxylic acids is 1. The standard InChI is InChI=1S/C22H24N2O3/c1-22(2,3)16-9-10-18(25)17(13-16)24-20(26)11-12-21-23-14-19(27-21)15-7-5-4-6-8-15/h4-10,13-14,25H,11-12H2,1-3H3,(H,24,26). The van der Waals surface area contributed by atoms with Crippen molar-refractivity contribution in [1.82, 2.24) is 4.98 Å². The van der Waals surface area contributed by atoms with Crippen molar-refractivity contribution in [2.24, 2.45) is 0 Å². The lowest BCUT2D eigenvalue weighted by atomic mass is 9.87. The number of nitrogens with zero attached hydrogens (tertiary/aromatic N) is 1. The fourth-order valence-corrected chi connectivity index (χ4v) is 2.70. The van der Waals surface area contributed by atoms with Gasteiger partial charge in [-0.1, -0.05) is 57.2 Å². The second kappa shape index (κ2) is 7.66. The minimum Gasteiger partial charge on any atom is -0.506 e. The fraction of sp³-hybridized carbons (Fsp3) is 0.273. The molecular formula is C22H24N2O3. The highest BCUT2D eigenvalue weighted by atomic mass is 16.4. The molecule has 0 atom stereocenters. The molecule has 2 aromatic carbocycles. The molecule has 0 bridgehead atoms. The Hall–Kier alpha value is -3.08. The van der Waals surface area contributed by atoms with Gasteiger partial charge in [-0.2, -0.15) is 0 Å². The molecule has 0 aliphatic carbocycles. The minimum absolute atomic E-state index is 0.0545. The maximum atomic E-state index is 12.3. The Labute approximate surface area is 159 Å². The predicted octanol–water partition coefficient (Wildman–Crippen LogP) is 4.92. The van der Waals surface area contributed by atoms with Crippen molar-refractivity contribution < 1.29 is 14.3 Å². The largest absolute Gasteiger partial charge is 0.506 e. The summed E-state index contributed by atoms with van der Waals surface area (Å²) in [5.74, 6) is 1.05. The van der Waals surface area contributed by atoms with Crippen molar-refractivity contribution in [3.05, 3.63) is 66.2 Å². The quantitative estimate of drug-likeness (QED) is 0.630. The summed E-state index contributed by atoms with van der Waals surface area (Å²) in [6.45, 7) is 6.24. The van der Waals surface area contributed by atoms with Crippen LogP contribution in [0.5, 0.6) is 5.75 Å². The number of rotatable bonds is 5. The molecule has 2 N–H and O–H groups in total. The third-order valence-corrected chi connectivity index (χ3v) is 4.31. The van der Waals surface area contributed by atoms with Crippen LogP contribution < -0.4 is 5.32 Å². The molecule has 140 valence electrons. The average molecular weight is 364 g/mol. The Kier molecular flexibility index (Phi) is 5.31. The van der Waals surface area contributed by atoms with Crippen molar-refractivity contribution in [2.75, 3.05) is 5.32 Å². The third-order valence-electron chi connectivity index (χ3n) is 4.31. The number of nitrogens with one attached hydrogen (secondary N) is 1. The van der Waals surface area contributed by atoms with Crippen LogP contribution in [0.4, 0.5) is 5.69 Å². The highest BCUT2D eigenvalue weighted by Gasteiger charge is 2.17. The highest BCUT2D eigenvalue weighted by Crippen LogP contribution is 2.30. The first-order valence-electron chi connectivity index (χ1n) is 8.96. The molecule has 0 saturated carbocycles. The molecule has 0 saturated heterocycles. The molecular weight excluding hydrogens is 340 g/mol. The summed E-state index contributed by atoms with van der Waals surface area (Å²) in [6.07, 6.45) is 2.27. The monoisotopic (exact) mass is 364 g/mol. The van der Waals surface area contributed by atoms with Gasteiger partial charge in [-0.05, 0) is 23.1 Å². The summed E-state index contributed by atoms with van der Waals surface area (Å²) in [5.41, 5.74) is 2.34. The maximum absolute atomic E-state index is 12.3. The number of aromatic hydroxyl groups is 1. The van der Waals surface area contributed by atoms with E-state index in [1.165, 1.54) is 0 Å². The second-order valence-electron chi connectivity index (χ2n) is 7.51. The lowest BCUT2D eigenvalue weighted by molar-refractivity contribution is -0.116.